The van der Waals surface area contributed by atoms with E-state index in [2.05, 4.69) is 0 Å². The number of rotatable bonds is 4. The van der Waals surface area contributed by atoms with Gasteiger partial charge in [-0.3, -0.25) is 14.9 Å². The van der Waals surface area contributed by atoms with Crippen molar-refractivity contribution in [1.29, 1.82) is 0 Å². The van der Waals surface area contributed by atoms with Crippen LogP contribution in [0.3, 0.4) is 0 Å². The van der Waals surface area contributed by atoms with Gasteiger partial charge in [-0.2, -0.15) is 0 Å². The maximum Gasteiger partial charge on any atom is 0.318 e. The maximum absolute atomic E-state index is 11.2. The number of nitro groups is 1. The summed E-state index contributed by atoms with van der Waals surface area (Å²) in [4.78, 5) is 21.6. The smallest absolute Gasteiger partial charge is 0.318 e. The summed E-state index contributed by atoms with van der Waals surface area (Å²) in [6.45, 7) is 3.11. The third kappa shape index (κ3) is 2.54. The van der Waals surface area contributed by atoms with E-state index in [9.17, 15) is 14.9 Å². The van der Waals surface area contributed by atoms with E-state index in [4.69, 9.17) is 4.74 Å². The molecule has 98 valence electrons. The van der Waals surface area contributed by atoms with E-state index in [1.807, 2.05) is 6.07 Å². The average Bonchev–Trinajstić information content (AvgIpc) is 2.37. The molecule has 2 aromatic rings. The number of nitro benzene ring substituents is 1. The fraction of sp³-hybridized carbons (Fsp3) is 0.214. The lowest BCUT2D eigenvalue weighted by molar-refractivity contribution is -0.384. The minimum absolute atomic E-state index is 0.0980. The molecule has 0 saturated heterocycles. The van der Waals surface area contributed by atoms with Crippen molar-refractivity contribution in [2.75, 3.05) is 0 Å². The molecule has 19 heavy (non-hydrogen) atoms. The number of carbonyl (C=O) groups excluding carboxylic acids is 1. The quantitative estimate of drug-likeness (QED) is 0.480. The first-order valence-corrected chi connectivity index (χ1v) is 5.76. The van der Waals surface area contributed by atoms with Gasteiger partial charge in [0.15, 0.2) is 17.6 Å². The summed E-state index contributed by atoms with van der Waals surface area (Å²) in [6, 6.07) is 10.2. The lowest BCUT2D eigenvalue weighted by Gasteiger charge is -2.19. The summed E-state index contributed by atoms with van der Waals surface area (Å²) in [7, 11) is 0. The molecular weight excluding hydrogens is 246 g/mol. The van der Waals surface area contributed by atoms with Gasteiger partial charge >= 0.3 is 5.69 Å². The molecule has 0 bridgehead atoms. The van der Waals surface area contributed by atoms with Crippen LogP contribution in [0.5, 0.6) is 5.75 Å². The average molecular weight is 259 g/mol. The molecule has 0 aliphatic heterocycles. The minimum Gasteiger partial charge on any atom is -0.473 e. The number of aldehydes is 1. The van der Waals surface area contributed by atoms with Crippen LogP contribution in [0.1, 0.15) is 13.8 Å². The van der Waals surface area contributed by atoms with Crippen molar-refractivity contribution in [2.24, 2.45) is 0 Å². The summed E-state index contributed by atoms with van der Waals surface area (Å²) >= 11 is 0. The Bertz CT molecular complexity index is 649. The van der Waals surface area contributed by atoms with Crippen LogP contribution in [0, 0.1) is 10.1 Å². The van der Waals surface area contributed by atoms with Gasteiger partial charge in [0, 0.05) is 0 Å². The molecule has 0 N–H and O–H groups in total. The van der Waals surface area contributed by atoms with Crippen molar-refractivity contribution in [3.63, 3.8) is 0 Å². The van der Waals surface area contributed by atoms with Crippen LogP contribution in [-0.4, -0.2) is 16.8 Å². The van der Waals surface area contributed by atoms with Gasteiger partial charge in [0.25, 0.3) is 0 Å². The van der Waals surface area contributed by atoms with Crippen LogP contribution >= 0.6 is 0 Å². The van der Waals surface area contributed by atoms with Crippen molar-refractivity contribution in [3.8, 4) is 5.75 Å². The van der Waals surface area contributed by atoms with Gasteiger partial charge in [0.05, 0.1) is 10.3 Å². The van der Waals surface area contributed by atoms with Gasteiger partial charge in [-0.15, -0.1) is 0 Å². The van der Waals surface area contributed by atoms with Crippen molar-refractivity contribution in [2.45, 2.75) is 19.4 Å². The van der Waals surface area contributed by atoms with Crippen LogP contribution in [0.15, 0.2) is 36.4 Å². The second-order valence-electron chi connectivity index (χ2n) is 4.71. The number of nitrogens with zero attached hydrogens (tertiary/aromatic N) is 1. The third-order valence-corrected chi connectivity index (χ3v) is 2.70. The number of ether oxygens (including phenoxy) is 1. The molecule has 0 saturated carbocycles. The molecule has 5 heteroatoms. The lowest BCUT2D eigenvalue weighted by atomic mass is 10.1. The van der Waals surface area contributed by atoms with E-state index in [0.717, 1.165) is 5.39 Å². The van der Waals surface area contributed by atoms with Crippen LogP contribution in [0.25, 0.3) is 10.8 Å². The Labute approximate surface area is 110 Å². The highest BCUT2D eigenvalue weighted by Crippen LogP contribution is 2.36. The highest BCUT2D eigenvalue weighted by Gasteiger charge is 2.26. The van der Waals surface area contributed by atoms with E-state index >= 15 is 0 Å². The van der Waals surface area contributed by atoms with Crippen molar-refractivity contribution < 1.29 is 14.5 Å². The molecule has 0 unspecified atom stereocenters. The summed E-state index contributed by atoms with van der Waals surface area (Å²) < 4.78 is 5.44. The Hall–Kier alpha value is -2.43. The zero-order valence-electron chi connectivity index (χ0n) is 10.6. The molecule has 0 atom stereocenters. The largest absolute Gasteiger partial charge is 0.473 e. The Morgan fingerprint density at radius 1 is 1.21 bits per heavy atom. The maximum atomic E-state index is 11.2. The van der Waals surface area contributed by atoms with Crippen LogP contribution < -0.4 is 4.74 Å². The summed E-state index contributed by atoms with van der Waals surface area (Å²) in [6.07, 6.45) is 0.617. The molecule has 0 spiro atoms. The van der Waals surface area contributed by atoms with Gasteiger partial charge in [0.2, 0.25) is 0 Å². The molecule has 0 aromatic heterocycles. The molecule has 0 radical (unpaired) electrons. The fourth-order valence-electron chi connectivity index (χ4n) is 1.81. The van der Waals surface area contributed by atoms with Crippen LogP contribution in [0.2, 0.25) is 0 Å². The zero-order valence-corrected chi connectivity index (χ0v) is 10.6. The van der Waals surface area contributed by atoms with Gasteiger partial charge in [0.1, 0.15) is 0 Å². The zero-order chi connectivity index (χ0) is 14.0. The number of carbonyl (C=O) groups is 1. The van der Waals surface area contributed by atoms with Crippen molar-refractivity contribution in [3.05, 3.63) is 46.5 Å². The standard InChI is InChI=1S/C14H13NO4/c1-14(2,9-16)19-12-8-7-10-5-3-4-6-11(10)13(12)15(17)18/h3-9H,1-2H3. The van der Waals surface area contributed by atoms with Gasteiger partial charge in [-0.25, -0.2) is 0 Å². The van der Waals surface area contributed by atoms with Gasteiger partial charge < -0.3 is 4.74 Å². The molecule has 5 nitrogen and oxygen atoms in total. The van der Waals surface area contributed by atoms with E-state index in [0.29, 0.717) is 11.7 Å². The minimum atomic E-state index is -1.10. The van der Waals surface area contributed by atoms with Gasteiger partial charge in [-0.05, 0) is 31.4 Å². The normalized spacial score (nSPS) is 11.3. The molecule has 0 aliphatic rings. The van der Waals surface area contributed by atoms with Gasteiger partial charge in [-0.1, -0.05) is 24.3 Å². The topological polar surface area (TPSA) is 69.4 Å². The number of hydrogen-bond acceptors (Lipinski definition) is 4. The predicted molar refractivity (Wildman–Crippen MR) is 71.4 cm³/mol. The summed E-state index contributed by atoms with van der Waals surface area (Å²) in [5.41, 5.74) is -1.22. The Morgan fingerprint density at radius 2 is 1.89 bits per heavy atom. The van der Waals surface area contributed by atoms with E-state index < -0.39 is 10.5 Å². The highest BCUT2D eigenvalue weighted by molar-refractivity contribution is 5.93. The summed E-state index contributed by atoms with van der Waals surface area (Å²) in [5, 5.41) is 12.5. The molecule has 0 amide bonds. The first-order valence-electron chi connectivity index (χ1n) is 5.76. The molecule has 2 rings (SSSR count). The summed E-state index contributed by atoms with van der Waals surface area (Å²) in [5.74, 6) is 0.0980. The molecular formula is C14H13NO4. The van der Waals surface area contributed by atoms with E-state index in [1.54, 1.807) is 38.1 Å². The molecule has 0 fully saturated rings. The van der Waals surface area contributed by atoms with Crippen molar-refractivity contribution in [1.82, 2.24) is 0 Å². The second-order valence-corrected chi connectivity index (χ2v) is 4.71. The van der Waals surface area contributed by atoms with Crippen molar-refractivity contribution >= 4 is 22.7 Å². The lowest BCUT2D eigenvalue weighted by Crippen LogP contribution is -2.30. The molecule has 2 aromatic carbocycles. The number of benzene rings is 2. The van der Waals surface area contributed by atoms with Crippen LogP contribution in [-0.2, 0) is 4.79 Å². The number of hydrogen-bond donors (Lipinski definition) is 0. The first kappa shape index (κ1) is 13.0. The second kappa shape index (κ2) is 4.68. The first-order chi connectivity index (χ1) is 8.94. The van der Waals surface area contributed by atoms with Crippen LogP contribution in [0.4, 0.5) is 5.69 Å². The monoisotopic (exact) mass is 259 g/mol. The predicted octanol–water partition coefficient (Wildman–Crippen LogP) is 3.10. The fourth-order valence-corrected chi connectivity index (χ4v) is 1.81. The third-order valence-electron chi connectivity index (χ3n) is 2.70. The SMILES string of the molecule is CC(C)(C=O)Oc1ccc2ccccc2c1[N+](=O)[O-]. The Kier molecular flexibility index (Phi) is 3.21. The van der Waals surface area contributed by atoms with E-state index in [1.165, 1.54) is 6.07 Å². The Morgan fingerprint density at radius 3 is 2.53 bits per heavy atom. The Balaban J connectivity index is 2.64. The molecule has 0 aliphatic carbocycles. The molecule has 0 heterocycles. The highest BCUT2D eigenvalue weighted by atomic mass is 16.6. The van der Waals surface area contributed by atoms with E-state index in [-0.39, 0.29) is 11.4 Å². The number of fused-ring (bicyclic) bond motifs is 1.